The van der Waals surface area contributed by atoms with Crippen molar-refractivity contribution >= 4 is 0 Å². The summed E-state index contributed by atoms with van der Waals surface area (Å²) in [7, 11) is 0. The van der Waals surface area contributed by atoms with Gasteiger partial charge in [-0.25, -0.2) is 0 Å². The largest absolute Gasteiger partial charge is 0.394 e. The number of hydrogen-bond acceptors (Lipinski definition) is 8. The van der Waals surface area contributed by atoms with E-state index >= 15 is 0 Å². The first kappa shape index (κ1) is 19.7. The zero-order valence-electron chi connectivity index (χ0n) is 13.9. The average molecular weight is 348 g/mol. The standard InChI is InChI=1S/C16H28O8/c1-16(2,22)9-4-3-8(5-10(9)18)7-23-15-14(21)13(20)12(19)11(6-17)24-15/h5,9-15,17-22H,3-4,6-7H2,1-2H3/t9-,10-,11-,12-,13+,14-,15-/m1/s1. The molecule has 0 saturated carbocycles. The van der Waals surface area contributed by atoms with E-state index in [0.29, 0.717) is 12.8 Å². The van der Waals surface area contributed by atoms with Gasteiger partial charge >= 0.3 is 0 Å². The van der Waals surface area contributed by atoms with Crippen molar-refractivity contribution in [2.24, 2.45) is 5.92 Å². The maximum atomic E-state index is 10.1. The molecule has 2 rings (SSSR count). The Balaban J connectivity index is 1.93. The van der Waals surface area contributed by atoms with E-state index in [1.807, 2.05) is 0 Å². The molecule has 8 nitrogen and oxygen atoms in total. The minimum Gasteiger partial charge on any atom is -0.394 e. The monoisotopic (exact) mass is 348 g/mol. The number of aliphatic hydroxyl groups excluding tert-OH is 5. The van der Waals surface area contributed by atoms with Crippen molar-refractivity contribution in [3.63, 3.8) is 0 Å². The minimum absolute atomic E-state index is 0.0678. The molecule has 0 aromatic rings. The Hall–Kier alpha value is -0.580. The quantitative estimate of drug-likeness (QED) is 0.322. The molecule has 1 aliphatic heterocycles. The molecule has 2 aliphatic rings. The summed E-state index contributed by atoms with van der Waals surface area (Å²) in [5.41, 5.74) is -0.195. The van der Waals surface area contributed by atoms with Crippen molar-refractivity contribution in [2.75, 3.05) is 13.2 Å². The third-order valence-corrected chi connectivity index (χ3v) is 4.78. The summed E-state index contributed by atoms with van der Waals surface area (Å²) in [6.07, 6.45) is -4.52. The van der Waals surface area contributed by atoms with E-state index in [4.69, 9.17) is 14.6 Å². The predicted molar refractivity (Wildman–Crippen MR) is 82.8 cm³/mol. The van der Waals surface area contributed by atoms with E-state index < -0.39 is 49.0 Å². The fourth-order valence-electron chi connectivity index (χ4n) is 3.24. The summed E-state index contributed by atoms with van der Waals surface area (Å²) >= 11 is 0. The van der Waals surface area contributed by atoms with Crippen LogP contribution in [0.2, 0.25) is 0 Å². The van der Waals surface area contributed by atoms with Crippen molar-refractivity contribution < 1.29 is 40.1 Å². The summed E-state index contributed by atoms with van der Waals surface area (Å²) in [6, 6.07) is 0. The molecule has 0 radical (unpaired) electrons. The third kappa shape index (κ3) is 4.33. The van der Waals surface area contributed by atoms with Gasteiger partial charge in [0, 0.05) is 5.92 Å². The fraction of sp³-hybridized carbons (Fsp3) is 0.875. The normalized spacial score (nSPS) is 41.2. The van der Waals surface area contributed by atoms with E-state index in [0.717, 1.165) is 5.57 Å². The van der Waals surface area contributed by atoms with Crippen LogP contribution in [0.15, 0.2) is 11.6 Å². The molecule has 0 aromatic carbocycles. The Morgan fingerprint density at radius 3 is 2.38 bits per heavy atom. The Morgan fingerprint density at radius 1 is 1.17 bits per heavy atom. The van der Waals surface area contributed by atoms with Crippen LogP contribution in [-0.4, -0.2) is 86.3 Å². The lowest BCUT2D eigenvalue weighted by Crippen LogP contribution is -2.59. The average Bonchev–Trinajstić information content (AvgIpc) is 2.51. The third-order valence-electron chi connectivity index (χ3n) is 4.78. The SMILES string of the molecule is CC(C)(O)[C@@H]1CCC(CO[C@@H]2O[C@H](CO)[C@@H](O)[C@H](O)[C@H]2O)=C[C@H]1O. The molecule has 1 heterocycles. The number of hydrogen-bond donors (Lipinski definition) is 6. The topological polar surface area (TPSA) is 140 Å². The first-order chi connectivity index (χ1) is 11.1. The van der Waals surface area contributed by atoms with Gasteiger partial charge in [0.1, 0.15) is 24.4 Å². The molecule has 0 bridgehead atoms. The molecule has 0 spiro atoms. The van der Waals surface area contributed by atoms with Gasteiger partial charge in [-0.1, -0.05) is 6.08 Å². The summed E-state index contributed by atoms with van der Waals surface area (Å²) in [4.78, 5) is 0. The molecule has 24 heavy (non-hydrogen) atoms. The Labute approximate surface area is 141 Å². The Kier molecular flexibility index (Phi) is 6.38. The van der Waals surface area contributed by atoms with Crippen LogP contribution in [0.1, 0.15) is 26.7 Å². The van der Waals surface area contributed by atoms with Gasteiger partial charge in [0.05, 0.1) is 24.9 Å². The summed E-state index contributed by atoms with van der Waals surface area (Å²) < 4.78 is 10.7. The molecule has 140 valence electrons. The Morgan fingerprint density at radius 2 is 1.83 bits per heavy atom. The molecule has 0 amide bonds. The van der Waals surface area contributed by atoms with Gasteiger partial charge in [-0.15, -0.1) is 0 Å². The molecule has 1 aliphatic carbocycles. The van der Waals surface area contributed by atoms with Gasteiger partial charge in [0.2, 0.25) is 0 Å². The lowest BCUT2D eigenvalue weighted by molar-refractivity contribution is -0.299. The highest BCUT2D eigenvalue weighted by atomic mass is 16.7. The second-order valence-electron chi connectivity index (χ2n) is 7.12. The van der Waals surface area contributed by atoms with Crippen LogP contribution < -0.4 is 0 Å². The summed E-state index contributed by atoms with van der Waals surface area (Å²) in [5, 5.41) is 58.6. The van der Waals surface area contributed by atoms with Crippen LogP contribution in [0, 0.1) is 5.92 Å². The van der Waals surface area contributed by atoms with Crippen LogP contribution in [0.25, 0.3) is 0 Å². The van der Waals surface area contributed by atoms with Gasteiger partial charge in [-0.3, -0.25) is 0 Å². The highest BCUT2D eigenvalue weighted by Crippen LogP contribution is 2.32. The first-order valence-electron chi connectivity index (χ1n) is 8.17. The van der Waals surface area contributed by atoms with E-state index in [1.54, 1.807) is 19.9 Å². The summed E-state index contributed by atoms with van der Waals surface area (Å²) in [6.45, 7) is 2.87. The zero-order chi connectivity index (χ0) is 18.1. The molecule has 1 fully saturated rings. The van der Waals surface area contributed by atoms with Crippen LogP contribution in [0.4, 0.5) is 0 Å². The smallest absolute Gasteiger partial charge is 0.187 e. The highest BCUT2D eigenvalue weighted by Gasteiger charge is 2.44. The van der Waals surface area contributed by atoms with Crippen molar-refractivity contribution in [1.82, 2.24) is 0 Å². The zero-order valence-corrected chi connectivity index (χ0v) is 13.9. The predicted octanol–water partition coefficient (Wildman–Crippen LogP) is -1.73. The second kappa shape index (κ2) is 7.76. The molecule has 7 atom stereocenters. The van der Waals surface area contributed by atoms with E-state index in [1.165, 1.54) is 0 Å². The molecule has 1 saturated heterocycles. The van der Waals surface area contributed by atoms with E-state index in [2.05, 4.69) is 0 Å². The van der Waals surface area contributed by atoms with Crippen molar-refractivity contribution in [2.45, 2.75) is 69.1 Å². The fourth-order valence-corrected chi connectivity index (χ4v) is 3.24. The first-order valence-corrected chi connectivity index (χ1v) is 8.17. The van der Waals surface area contributed by atoms with E-state index in [-0.39, 0.29) is 12.5 Å². The van der Waals surface area contributed by atoms with Crippen LogP contribution >= 0.6 is 0 Å². The number of rotatable bonds is 5. The minimum atomic E-state index is -1.48. The van der Waals surface area contributed by atoms with Crippen LogP contribution in [-0.2, 0) is 9.47 Å². The van der Waals surface area contributed by atoms with Gasteiger partial charge in [-0.05, 0) is 32.3 Å². The molecule has 0 aromatic heterocycles. The van der Waals surface area contributed by atoms with Gasteiger partial charge in [0.25, 0.3) is 0 Å². The van der Waals surface area contributed by atoms with E-state index in [9.17, 15) is 25.5 Å². The second-order valence-corrected chi connectivity index (χ2v) is 7.12. The lowest BCUT2D eigenvalue weighted by atomic mass is 9.78. The highest BCUT2D eigenvalue weighted by molar-refractivity contribution is 5.13. The molecular weight excluding hydrogens is 320 g/mol. The van der Waals surface area contributed by atoms with Gasteiger partial charge in [0.15, 0.2) is 6.29 Å². The van der Waals surface area contributed by atoms with Crippen molar-refractivity contribution in [1.29, 1.82) is 0 Å². The maximum Gasteiger partial charge on any atom is 0.187 e. The number of ether oxygens (including phenoxy) is 2. The van der Waals surface area contributed by atoms with Crippen LogP contribution in [0.5, 0.6) is 0 Å². The molecular formula is C16H28O8. The Bertz CT molecular complexity index is 444. The number of aliphatic hydroxyl groups is 6. The van der Waals surface area contributed by atoms with Crippen molar-refractivity contribution in [3.05, 3.63) is 11.6 Å². The van der Waals surface area contributed by atoms with Crippen LogP contribution in [0.3, 0.4) is 0 Å². The van der Waals surface area contributed by atoms with Crippen molar-refractivity contribution in [3.8, 4) is 0 Å². The summed E-state index contributed by atoms with van der Waals surface area (Å²) in [5.74, 6) is -0.270. The molecule has 8 heteroatoms. The lowest BCUT2D eigenvalue weighted by Gasteiger charge is -2.40. The molecule has 0 unspecified atom stereocenters. The van der Waals surface area contributed by atoms with Gasteiger partial charge in [-0.2, -0.15) is 0 Å². The maximum absolute atomic E-state index is 10.1. The molecule has 6 N–H and O–H groups in total. The van der Waals surface area contributed by atoms with Gasteiger partial charge < -0.3 is 40.1 Å².